The summed E-state index contributed by atoms with van der Waals surface area (Å²) in [5, 5.41) is 4.11. The lowest BCUT2D eigenvalue weighted by atomic mass is 10.1. The largest absolute Gasteiger partial charge is 0.353 e. The van der Waals surface area contributed by atoms with Crippen LogP contribution in [0.25, 0.3) is 10.2 Å². The molecule has 1 N–H and O–H groups in total. The highest BCUT2D eigenvalue weighted by Crippen LogP contribution is 2.35. The molecule has 7 nitrogen and oxygen atoms in total. The standard InChI is InChI=1S/C25H26N6OS/c1-17-21-23(31-14-12-30(13-15-31)20-10-6-7-11-26-20)27-16-28-25(21)33-22(17)24(32)29-18(2)19-8-4-3-5-9-19/h3-11,16,18H,12-15H2,1-2H3,(H,29,32)/t18-/m1/s1. The van der Waals surface area contributed by atoms with Gasteiger partial charge in [-0.1, -0.05) is 36.4 Å². The predicted molar refractivity (Wildman–Crippen MR) is 133 cm³/mol. The Labute approximate surface area is 197 Å². The Hall–Kier alpha value is -3.52. The van der Waals surface area contributed by atoms with E-state index in [1.807, 2.05) is 68.6 Å². The van der Waals surface area contributed by atoms with Gasteiger partial charge in [0, 0.05) is 32.4 Å². The molecule has 0 radical (unpaired) electrons. The van der Waals surface area contributed by atoms with E-state index in [4.69, 9.17) is 0 Å². The van der Waals surface area contributed by atoms with Gasteiger partial charge in [0.25, 0.3) is 5.91 Å². The summed E-state index contributed by atoms with van der Waals surface area (Å²) in [7, 11) is 0. The van der Waals surface area contributed by atoms with Gasteiger partial charge in [0.2, 0.25) is 0 Å². The number of piperazine rings is 1. The van der Waals surface area contributed by atoms with Gasteiger partial charge in [0.1, 0.15) is 22.8 Å². The Morgan fingerprint density at radius 3 is 2.42 bits per heavy atom. The van der Waals surface area contributed by atoms with Crippen LogP contribution in [0, 0.1) is 6.92 Å². The Morgan fingerprint density at radius 1 is 0.970 bits per heavy atom. The van der Waals surface area contributed by atoms with E-state index in [2.05, 4.69) is 30.1 Å². The smallest absolute Gasteiger partial charge is 0.262 e. The molecule has 1 atom stereocenters. The van der Waals surface area contributed by atoms with Crippen LogP contribution in [0.1, 0.15) is 33.8 Å². The van der Waals surface area contributed by atoms with E-state index in [9.17, 15) is 4.79 Å². The SMILES string of the molecule is Cc1c(C(=O)N[C@H](C)c2ccccc2)sc2ncnc(N3CCN(c4ccccn4)CC3)c12. The Balaban J connectivity index is 1.37. The zero-order chi connectivity index (χ0) is 22.8. The fourth-order valence-electron chi connectivity index (χ4n) is 4.28. The van der Waals surface area contributed by atoms with E-state index in [1.54, 1.807) is 6.33 Å². The average molecular weight is 459 g/mol. The third-order valence-electron chi connectivity index (χ3n) is 6.11. The maximum Gasteiger partial charge on any atom is 0.262 e. The van der Waals surface area contributed by atoms with Gasteiger partial charge in [-0.15, -0.1) is 11.3 Å². The van der Waals surface area contributed by atoms with Crippen LogP contribution in [0.15, 0.2) is 61.1 Å². The molecule has 0 aliphatic carbocycles. The third-order valence-corrected chi connectivity index (χ3v) is 7.31. The van der Waals surface area contributed by atoms with Gasteiger partial charge in [0.15, 0.2) is 0 Å². The van der Waals surface area contributed by atoms with Crippen molar-refractivity contribution in [1.29, 1.82) is 0 Å². The number of benzene rings is 1. The number of carbonyl (C=O) groups is 1. The summed E-state index contributed by atoms with van der Waals surface area (Å²) >= 11 is 1.43. The number of carbonyl (C=O) groups excluding carboxylic acids is 1. The monoisotopic (exact) mass is 458 g/mol. The summed E-state index contributed by atoms with van der Waals surface area (Å²) in [5.74, 6) is 1.84. The van der Waals surface area contributed by atoms with Gasteiger partial charge >= 0.3 is 0 Å². The summed E-state index contributed by atoms with van der Waals surface area (Å²) in [5.41, 5.74) is 2.02. The van der Waals surface area contributed by atoms with Crippen LogP contribution in [0.4, 0.5) is 11.6 Å². The second-order valence-electron chi connectivity index (χ2n) is 8.20. The van der Waals surface area contributed by atoms with Crippen molar-refractivity contribution in [3.8, 4) is 0 Å². The molecule has 1 fully saturated rings. The van der Waals surface area contributed by atoms with Gasteiger partial charge in [-0.2, -0.15) is 0 Å². The molecule has 4 heterocycles. The van der Waals surface area contributed by atoms with Gasteiger partial charge in [0.05, 0.1) is 16.3 Å². The fraction of sp³-hybridized carbons (Fsp3) is 0.280. The van der Waals surface area contributed by atoms with Crippen LogP contribution in [0.2, 0.25) is 0 Å². The molecule has 0 unspecified atom stereocenters. The van der Waals surface area contributed by atoms with Gasteiger partial charge < -0.3 is 15.1 Å². The molecule has 168 valence electrons. The number of aromatic nitrogens is 3. The zero-order valence-corrected chi connectivity index (χ0v) is 19.5. The number of rotatable bonds is 5. The highest BCUT2D eigenvalue weighted by atomic mass is 32.1. The number of fused-ring (bicyclic) bond motifs is 1. The lowest BCUT2D eigenvalue weighted by Crippen LogP contribution is -2.47. The Morgan fingerprint density at radius 2 is 1.70 bits per heavy atom. The van der Waals surface area contributed by atoms with Crippen molar-refractivity contribution in [2.24, 2.45) is 0 Å². The van der Waals surface area contributed by atoms with Crippen LogP contribution in [-0.2, 0) is 0 Å². The highest BCUT2D eigenvalue weighted by molar-refractivity contribution is 7.20. The van der Waals surface area contributed by atoms with Crippen molar-refractivity contribution in [2.75, 3.05) is 36.0 Å². The minimum absolute atomic E-state index is 0.0715. The highest BCUT2D eigenvalue weighted by Gasteiger charge is 2.25. The second kappa shape index (κ2) is 9.15. The number of amides is 1. The predicted octanol–water partition coefficient (Wildman–Crippen LogP) is 4.21. The summed E-state index contributed by atoms with van der Waals surface area (Å²) in [4.78, 5) is 32.8. The van der Waals surface area contributed by atoms with E-state index in [0.717, 1.165) is 59.2 Å². The summed E-state index contributed by atoms with van der Waals surface area (Å²) in [6, 6.07) is 15.9. The molecule has 1 aliphatic heterocycles. The first-order valence-corrected chi connectivity index (χ1v) is 11.9. The average Bonchev–Trinajstić information content (AvgIpc) is 3.22. The Kier molecular flexibility index (Phi) is 5.92. The van der Waals surface area contributed by atoms with Gasteiger partial charge in [-0.3, -0.25) is 4.79 Å². The van der Waals surface area contributed by atoms with Crippen LogP contribution >= 0.6 is 11.3 Å². The number of nitrogens with one attached hydrogen (secondary N) is 1. The van der Waals surface area contributed by atoms with Crippen molar-refractivity contribution in [2.45, 2.75) is 19.9 Å². The van der Waals surface area contributed by atoms with Crippen molar-refractivity contribution >= 4 is 39.1 Å². The lowest BCUT2D eigenvalue weighted by Gasteiger charge is -2.36. The van der Waals surface area contributed by atoms with E-state index in [1.165, 1.54) is 11.3 Å². The number of thiophene rings is 1. The van der Waals surface area contributed by atoms with E-state index >= 15 is 0 Å². The maximum absolute atomic E-state index is 13.1. The quantitative estimate of drug-likeness (QED) is 0.483. The lowest BCUT2D eigenvalue weighted by molar-refractivity contribution is 0.0943. The normalized spacial score (nSPS) is 15.0. The fourth-order valence-corrected chi connectivity index (χ4v) is 5.33. The number of hydrogen-bond acceptors (Lipinski definition) is 7. The third kappa shape index (κ3) is 4.26. The molecule has 0 saturated carbocycles. The van der Waals surface area contributed by atoms with Crippen LogP contribution in [0.5, 0.6) is 0 Å². The maximum atomic E-state index is 13.1. The number of anilines is 2. The summed E-state index contributed by atoms with van der Waals surface area (Å²) in [6.07, 6.45) is 3.43. The molecule has 1 saturated heterocycles. The van der Waals surface area contributed by atoms with Gasteiger partial charge in [-0.05, 0) is 37.1 Å². The van der Waals surface area contributed by atoms with Crippen molar-refractivity contribution in [1.82, 2.24) is 20.3 Å². The first-order chi connectivity index (χ1) is 16.1. The number of pyridine rings is 1. The Bertz CT molecular complexity index is 1250. The minimum Gasteiger partial charge on any atom is -0.353 e. The number of hydrogen-bond donors (Lipinski definition) is 1. The van der Waals surface area contributed by atoms with Crippen LogP contribution < -0.4 is 15.1 Å². The molecule has 0 bridgehead atoms. The molecule has 4 aromatic rings. The molecule has 5 rings (SSSR count). The number of nitrogens with zero attached hydrogens (tertiary/aromatic N) is 5. The zero-order valence-electron chi connectivity index (χ0n) is 18.7. The summed E-state index contributed by atoms with van der Waals surface area (Å²) in [6.45, 7) is 7.41. The van der Waals surface area contributed by atoms with Crippen molar-refractivity contribution < 1.29 is 4.79 Å². The molecule has 1 aliphatic rings. The molecular weight excluding hydrogens is 432 g/mol. The molecule has 1 aromatic carbocycles. The summed E-state index contributed by atoms with van der Waals surface area (Å²) < 4.78 is 0. The first-order valence-electron chi connectivity index (χ1n) is 11.1. The van der Waals surface area contributed by atoms with Crippen LogP contribution in [-0.4, -0.2) is 47.0 Å². The van der Waals surface area contributed by atoms with Crippen molar-refractivity contribution in [3.63, 3.8) is 0 Å². The minimum atomic E-state index is -0.0754. The van der Waals surface area contributed by atoms with Gasteiger partial charge in [-0.25, -0.2) is 15.0 Å². The first kappa shape index (κ1) is 21.3. The van der Waals surface area contributed by atoms with Crippen molar-refractivity contribution in [3.05, 3.63) is 77.1 Å². The topological polar surface area (TPSA) is 74.2 Å². The molecule has 8 heteroatoms. The van der Waals surface area contributed by atoms with E-state index in [0.29, 0.717) is 4.88 Å². The number of aryl methyl sites for hydroxylation is 1. The second-order valence-corrected chi connectivity index (χ2v) is 9.20. The van der Waals surface area contributed by atoms with Crippen LogP contribution in [0.3, 0.4) is 0 Å². The molecule has 33 heavy (non-hydrogen) atoms. The molecule has 1 amide bonds. The molecule has 0 spiro atoms. The van der Waals surface area contributed by atoms with E-state index in [-0.39, 0.29) is 11.9 Å². The molecular formula is C25H26N6OS. The molecule has 3 aromatic heterocycles. The van der Waals surface area contributed by atoms with E-state index < -0.39 is 0 Å².